The molecule has 0 spiro atoms. The number of aryl methyl sites for hydroxylation is 1. The molecule has 0 heterocycles. The van der Waals surface area contributed by atoms with Gasteiger partial charge in [0.25, 0.3) is 0 Å². The van der Waals surface area contributed by atoms with Gasteiger partial charge in [-0.05, 0) is 100.0 Å². The van der Waals surface area contributed by atoms with E-state index in [-0.39, 0.29) is 5.92 Å². The van der Waals surface area contributed by atoms with Gasteiger partial charge in [-0.3, -0.25) is 0 Å². The second kappa shape index (κ2) is 11.7. The highest BCUT2D eigenvalue weighted by Crippen LogP contribution is 2.40. The highest BCUT2D eigenvalue weighted by atomic mass is 19.3. The summed E-state index contributed by atoms with van der Waals surface area (Å²) < 4.78 is 49.6. The van der Waals surface area contributed by atoms with E-state index in [2.05, 4.69) is 18.2 Å². The lowest BCUT2D eigenvalue weighted by molar-refractivity contribution is -0.273. The molecule has 0 aromatic heterocycles. The molecule has 1 nitrogen and oxygen atoms in total. The van der Waals surface area contributed by atoms with E-state index < -0.39 is 23.6 Å². The van der Waals surface area contributed by atoms with Crippen molar-refractivity contribution in [3.63, 3.8) is 0 Å². The minimum absolute atomic E-state index is 0.217. The third-order valence-corrected chi connectivity index (χ3v) is 6.62. The van der Waals surface area contributed by atoms with Crippen molar-refractivity contribution in [2.75, 3.05) is 0 Å². The first-order valence-corrected chi connectivity index (χ1v) is 12.0. The minimum Gasteiger partial charge on any atom is -0.309 e. The van der Waals surface area contributed by atoms with Crippen LogP contribution in [-0.2, 0) is 17.3 Å². The van der Waals surface area contributed by atoms with Gasteiger partial charge >= 0.3 is 6.11 Å². The average molecular weight is 457 g/mol. The maximum atomic E-state index is 14.9. The van der Waals surface area contributed by atoms with Gasteiger partial charge in [0.2, 0.25) is 0 Å². The Morgan fingerprint density at radius 3 is 2.30 bits per heavy atom. The first kappa shape index (κ1) is 25.3. The van der Waals surface area contributed by atoms with Crippen LogP contribution in [0.25, 0.3) is 0 Å². The lowest BCUT2D eigenvalue weighted by Gasteiger charge is -2.28. The summed E-state index contributed by atoms with van der Waals surface area (Å²) in [5, 5.41) is 0. The van der Waals surface area contributed by atoms with Gasteiger partial charge in [-0.2, -0.15) is 8.78 Å². The van der Waals surface area contributed by atoms with Crippen molar-refractivity contribution < 1.29 is 17.9 Å². The average Bonchev–Trinajstić information content (AvgIpc) is 2.80. The molecular weight excluding hydrogens is 421 g/mol. The molecule has 0 radical (unpaired) electrons. The fraction of sp³-hybridized carbons (Fsp3) is 0.448. The van der Waals surface area contributed by atoms with Gasteiger partial charge in [-0.1, -0.05) is 54.6 Å². The van der Waals surface area contributed by atoms with Gasteiger partial charge in [-0.25, -0.2) is 4.39 Å². The molecule has 2 aromatic carbocycles. The van der Waals surface area contributed by atoms with Crippen LogP contribution in [0.3, 0.4) is 0 Å². The van der Waals surface area contributed by atoms with Crippen LogP contribution in [0, 0.1) is 11.7 Å². The second-order valence-electron chi connectivity index (χ2n) is 9.00. The van der Waals surface area contributed by atoms with Gasteiger partial charge in [0, 0.05) is 0 Å². The molecule has 2 aromatic rings. The van der Waals surface area contributed by atoms with Crippen LogP contribution < -0.4 is 0 Å². The van der Waals surface area contributed by atoms with Gasteiger partial charge in [0.1, 0.15) is 5.82 Å². The molecule has 33 heavy (non-hydrogen) atoms. The second-order valence-corrected chi connectivity index (χ2v) is 9.00. The molecule has 1 aliphatic rings. The summed E-state index contributed by atoms with van der Waals surface area (Å²) in [6.07, 6.45) is 9.62. The Morgan fingerprint density at radius 2 is 1.70 bits per heavy atom. The fourth-order valence-electron chi connectivity index (χ4n) is 4.66. The van der Waals surface area contributed by atoms with Crippen molar-refractivity contribution in [2.45, 2.75) is 77.4 Å². The molecule has 3 rings (SSSR count). The summed E-state index contributed by atoms with van der Waals surface area (Å²) >= 11 is 0. The topological polar surface area (TPSA) is 9.23 Å². The smallest absolute Gasteiger partial charge is 0.309 e. The Kier molecular flexibility index (Phi) is 8.96. The van der Waals surface area contributed by atoms with Crippen LogP contribution in [0.2, 0.25) is 0 Å². The molecule has 0 bridgehead atoms. The number of halogens is 3. The number of ether oxygens (including phenoxy) is 1. The van der Waals surface area contributed by atoms with Crippen molar-refractivity contribution in [3.05, 3.63) is 94.8 Å². The fourth-order valence-corrected chi connectivity index (χ4v) is 4.66. The largest absolute Gasteiger partial charge is 0.386 e. The molecule has 1 unspecified atom stereocenters. The predicted octanol–water partition coefficient (Wildman–Crippen LogP) is 9.01. The predicted molar refractivity (Wildman–Crippen MR) is 129 cm³/mol. The molecular formula is C29H35F3O. The number of allylic oxidation sites excluding steroid dienone is 4. The molecule has 1 saturated carbocycles. The van der Waals surface area contributed by atoms with Gasteiger partial charge in [0.05, 0.1) is 11.7 Å². The van der Waals surface area contributed by atoms with Crippen molar-refractivity contribution in [3.8, 4) is 0 Å². The van der Waals surface area contributed by atoms with Crippen molar-refractivity contribution >= 4 is 0 Å². The van der Waals surface area contributed by atoms with Crippen molar-refractivity contribution in [1.29, 1.82) is 0 Å². The lowest BCUT2D eigenvalue weighted by atomic mass is 9.78. The van der Waals surface area contributed by atoms with E-state index in [0.29, 0.717) is 11.5 Å². The summed E-state index contributed by atoms with van der Waals surface area (Å²) in [5.74, 6) is -0.119. The van der Waals surface area contributed by atoms with E-state index in [1.54, 1.807) is 25.1 Å². The quantitative estimate of drug-likeness (QED) is 0.342. The van der Waals surface area contributed by atoms with Crippen LogP contribution in [0.4, 0.5) is 13.2 Å². The highest BCUT2D eigenvalue weighted by molar-refractivity contribution is 5.30. The SMILES string of the molecule is C/C=C/CCc1ccc(C(C)OC(F)(F)c2ccc(C3CCC(/C=C/C)CC3)cc2F)cc1. The number of hydrogen-bond donors (Lipinski definition) is 0. The zero-order valence-electron chi connectivity index (χ0n) is 19.9. The van der Waals surface area contributed by atoms with E-state index in [1.165, 1.54) is 12.1 Å². The van der Waals surface area contributed by atoms with E-state index in [9.17, 15) is 13.2 Å². The van der Waals surface area contributed by atoms with Gasteiger partial charge < -0.3 is 4.74 Å². The summed E-state index contributed by atoms with van der Waals surface area (Å²) in [6.45, 7) is 5.57. The maximum Gasteiger partial charge on any atom is 0.386 e. The van der Waals surface area contributed by atoms with Crippen LogP contribution >= 0.6 is 0 Å². The first-order chi connectivity index (χ1) is 15.8. The Hall–Kier alpha value is -2.33. The summed E-state index contributed by atoms with van der Waals surface area (Å²) in [5.41, 5.74) is 1.87. The molecule has 1 atom stereocenters. The maximum absolute atomic E-state index is 14.9. The molecule has 0 aliphatic heterocycles. The van der Waals surface area contributed by atoms with Gasteiger partial charge in [-0.15, -0.1) is 0 Å². The zero-order valence-corrected chi connectivity index (χ0v) is 19.9. The van der Waals surface area contributed by atoms with Crippen LogP contribution in [0.5, 0.6) is 0 Å². The minimum atomic E-state index is -3.71. The lowest BCUT2D eigenvalue weighted by Crippen LogP contribution is -2.22. The van der Waals surface area contributed by atoms with Crippen molar-refractivity contribution in [1.82, 2.24) is 0 Å². The summed E-state index contributed by atoms with van der Waals surface area (Å²) in [6, 6.07) is 11.6. The Morgan fingerprint density at radius 1 is 1.00 bits per heavy atom. The van der Waals surface area contributed by atoms with E-state index in [1.807, 2.05) is 32.1 Å². The number of alkyl halides is 2. The van der Waals surface area contributed by atoms with Gasteiger partial charge in [0.15, 0.2) is 0 Å². The summed E-state index contributed by atoms with van der Waals surface area (Å²) in [4.78, 5) is 0. The third kappa shape index (κ3) is 6.83. The van der Waals surface area contributed by atoms with Crippen LogP contribution in [0.1, 0.15) is 87.2 Å². The van der Waals surface area contributed by atoms with E-state index in [4.69, 9.17) is 4.74 Å². The molecule has 178 valence electrons. The van der Waals surface area contributed by atoms with Crippen LogP contribution in [0.15, 0.2) is 66.8 Å². The first-order valence-electron chi connectivity index (χ1n) is 12.0. The number of hydrogen-bond acceptors (Lipinski definition) is 1. The standard InChI is InChI=1S/C29H35F3O/c1-4-6-7-9-23-10-14-24(15-11-23)21(3)33-29(31,32)27-19-18-26(20-28(27)30)25-16-12-22(8-5-2)13-17-25/h4-6,8,10-11,14-15,18-22,25H,7,9,12-13,16-17H2,1-3H3/b6-4+,8-5+. The third-order valence-electron chi connectivity index (χ3n) is 6.62. The van der Waals surface area contributed by atoms with E-state index >= 15 is 0 Å². The Labute approximate surface area is 196 Å². The highest BCUT2D eigenvalue weighted by Gasteiger charge is 2.38. The number of benzene rings is 2. The molecule has 4 heteroatoms. The normalized spacial score (nSPS) is 20.5. The van der Waals surface area contributed by atoms with Crippen molar-refractivity contribution in [2.24, 2.45) is 5.92 Å². The molecule has 0 amide bonds. The number of rotatable bonds is 9. The molecule has 1 fully saturated rings. The van der Waals surface area contributed by atoms with Crippen LogP contribution in [-0.4, -0.2) is 0 Å². The molecule has 0 N–H and O–H groups in total. The summed E-state index contributed by atoms with van der Waals surface area (Å²) in [7, 11) is 0. The Bertz CT molecular complexity index is 938. The molecule has 0 saturated heterocycles. The van der Waals surface area contributed by atoms with E-state index in [0.717, 1.165) is 49.7 Å². The molecule has 1 aliphatic carbocycles. The monoisotopic (exact) mass is 456 g/mol. The zero-order chi connectivity index (χ0) is 23.8. The Balaban J connectivity index is 1.64.